The van der Waals surface area contributed by atoms with Gasteiger partial charge in [-0.1, -0.05) is 6.07 Å². The van der Waals surface area contributed by atoms with E-state index in [1.165, 1.54) is 20.2 Å². The number of aromatic nitrogens is 2. The largest absolute Gasteiger partial charge is 0.364 e. The topological polar surface area (TPSA) is 79.8 Å². The highest BCUT2D eigenvalue weighted by Gasteiger charge is 2.18. The van der Waals surface area contributed by atoms with Gasteiger partial charge in [0, 0.05) is 14.1 Å². The van der Waals surface area contributed by atoms with Crippen LogP contribution in [0, 0.1) is 23.0 Å². The van der Waals surface area contributed by atoms with E-state index in [0.717, 1.165) is 21.3 Å². The zero-order chi connectivity index (χ0) is 17.3. The van der Waals surface area contributed by atoms with Crippen LogP contribution in [0.2, 0.25) is 0 Å². The maximum atomic E-state index is 13.3. The first-order valence-corrected chi connectivity index (χ1v) is 6.69. The summed E-state index contributed by atoms with van der Waals surface area (Å²) in [5.74, 6) is -1.95. The summed E-state index contributed by atoms with van der Waals surface area (Å²) in [4.78, 5) is 24.0. The highest BCUT2D eigenvalue weighted by molar-refractivity contribution is 5.52. The molecule has 2 aromatic rings. The van der Waals surface area contributed by atoms with Crippen LogP contribution in [0.1, 0.15) is 24.1 Å². The molecule has 0 aliphatic rings. The fourth-order valence-electron chi connectivity index (χ4n) is 2.18. The van der Waals surface area contributed by atoms with E-state index in [-0.39, 0.29) is 11.4 Å². The van der Waals surface area contributed by atoms with Gasteiger partial charge in [-0.2, -0.15) is 5.26 Å². The number of anilines is 1. The van der Waals surface area contributed by atoms with E-state index in [9.17, 15) is 23.6 Å². The molecule has 0 radical (unpaired) electrons. The van der Waals surface area contributed by atoms with Crippen LogP contribution in [0.15, 0.2) is 27.8 Å². The fraction of sp³-hybridized carbons (Fsp3) is 0.267. The molecule has 0 bridgehead atoms. The maximum absolute atomic E-state index is 13.3. The van der Waals surface area contributed by atoms with Crippen molar-refractivity contribution in [1.82, 2.24) is 9.13 Å². The third kappa shape index (κ3) is 2.85. The van der Waals surface area contributed by atoms with Crippen molar-refractivity contribution in [3.63, 3.8) is 0 Å². The molecule has 0 aliphatic heterocycles. The van der Waals surface area contributed by atoms with Gasteiger partial charge in [-0.3, -0.25) is 13.9 Å². The Morgan fingerprint density at radius 3 is 2.39 bits per heavy atom. The average molecular weight is 320 g/mol. The predicted molar refractivity (Wildman–Crippen MR) is 80.0 cm³/mol. The van der Waals surface area contributed by atoms with Crippen LogP contribution in [0.5, 0.6) is 0 Å². The zero-order valence-electron chi connectivity index (χ0n) is 12.7. The smallest absolute Gasteiger partial charge is 0.332 e. The number of nitrogens with zero attached hydrogens (tertiary/aromatic N) is 3. The van der Waals surface area contributed by atoms with Gasteiger partial charge in [-0.25, -0.2) is 13.6 Å². The Hall–Kier alpha value is -2.95. The van der Waals surface area contributed by atoms with Crippen LogP contribution >= 0.6 is 0 Å². The summed E-state index contributed by atoms with van der Waals surface area (Å²) in [5, 5.41) is 12.0. The summed E-state index contributed by atoms with van der Waals surface area (Å²) in [6.45, 7) is 1.63. The van der Waals surface area contributed by atoms with Gasteiger partial charge < -0.3 is 5.32 Å². The summed E-state index contributed by atoms with van der Waals surface area (Å²) in [6.07, 6.45) is 0. The lowest BCUT2D eigenvalue weighted by atomic mass is 10.1. The van der Waals surface area contributed by atoms with Crippen LogP contribution in [0.4, 0.5) is 14.6 Å². The van der Waals surface area contributed by atoms with Gasteiger partial charge >= 0.3 is 5.69 Å². The van der Waals surface area contributed by atoms with Crippen molar-refractivity contribution < 1.29 is 8.78 Å². The molecule has 1 N–H and O–H groups in total. The molecule has 0 spiro atoms. The molecule has 0 saturated carbocycles. The molecule has 0 saturated heterocycles. The molecule has 23 heavy (non-hydrogen) atoms. The first kappa shape index (κ1) is 16.4. The number of halogens is 2. The molecule has 120 valence electrons. The average Bonchev–Trinajstić information content (AvgIpc) is 2.53. The quantitative estimate of drug-likeness (QED) is 0.927. The molecular formula is C15H14F2N4O2. The van der Waals surface area contributed by atoms with E-state index >= 15 is 0 Å². The molecule has 0 aliphatic carbocycles. The van der Waals surface area contributed by atoms with E-state index in [1.807, 2.05) is 0 Å². The molecule has 1 heterocycles. The molecule has 8 heteroatoms. The van der Waals surface area contributed by atoms with Crippen molar-refractivity contribution in [2.24, 2.45) is 14.1 Å². The molecule has 0 unspecified atom stereocenters. The summed E-state index contributed by atoms with van der Waals surface area (Å²) < 4.78 is 28.3. The Morgan fingerprint density at radius 2 is 1.83 bits per heavy atom. The molecule has 2 rings (SSSR count). The molecular weight excluding hydrogens is 306 g/mol. The van der Waals surface area contributed by atoms with E-state index < -0.39 is 28.9 Å². The normalized spacial score (nSPS) is 11.8. The van der Waals surface area contributed by atoms with Crippen molar-refractivity contribution >= 4 is 5.82 Å². The molecule has 1 atom stereocenters. The van der Waals surface area contributed by atoms with Crippen LogP contribution in [0.3, 0.4) is 0 Å². The second kappa shape index (κ2) is 6.04. The van der Waals surface area contributed by atoms with Gasteiger partial charge in [0.25, 0.3) is 5.56 Å². The van der Waals surface area contributed by atoms with Crippen LogP contribution in [-0.2, 0) is 14.1 Å². The monoisotopic (exact) mass is 320 g/mol. The first-order chi connectivity index (χ1) is 10.8. The number of rotatable bonds is 3. The number of nitriles is 1. The second-order valence-corrected chi connectivity index (χ2v) is 5.08. The molecule has 1 aromatic carbocycles. The van der Waals surface area contributed by atoms with E-state index in [0.29, 0.717) is 5.56 Å². The number of nitrogens with one attached hydrogen (secondary N) is 1. The number of hydrogen-bond acceptors (Lipinski definition) is 4. The SMILES string of the molecule is C[C@H](Nc1c(C#N)c(=O)n(C)c(=O)n1C)c1ccc(F)c(F)c1. The summed E-state index contributed by atoms with van der Waals surface area (Å²) in [5.41, 5.74) is -1.16. The number of hydrogen-bond donors (Lipinski definition) is 1. The van der Waals surface area contributed by atoms with Crippen molar-refractivity contribution in [2.75, 3.05) is 5.32 Å². The Morgan fingerprint density at radius 1 is 1.17 bits per heavy atom. The third-order valence-corrected chi connectivity index (χ3v) is 3.57. The summed E-state index contributed by atoms with van der Waals surface area (Å²) in [6, 6.07) is 4.57. The number of benzene rings is 1. The van der Waals surface area contributed by atoms with Crippen molar-refractivity contribution in [3.05, 3.63) is 61.8 Å². The molecule has 0 amide bonds. The lowest BCUT2D eigenvalue weighted by Gasteiger charge is -2.19. The van der Waals surface area contributed by atoms with Gasteiger partial charge in [-0.15, -0.1) is 0 Å². The highest BCUT2D eigenvalue weighted by atomic mass is 19.2. The summed E-state index contributed by atoms with van der Waals surface area (Å²) >= 11 is 0. The van der Waals surface area contributed by atoms with Crippen molar-refractivity contribution in [1.29, 1.82) is 5.26 Å². The van der Waals surface area contributed by atoms with Crippen LogP contribution < -0.4 is 16.6 Å². The minimum Gasteiger partial charge on any atom is -0.364 e. The Kier molecular flexibility index (Phi) is 4.31. The lowest BCUT2D eigenvalue weighted by Crippen LogP contribution is -2.40. The van der Waals surface area contributed by atoms with E-state index in [2.05, 4.69) is 5.32 Å². The van der Waals surface area contributed by atoms with Gasteiger partial charge in [0.05, 0.1) is 6.04 Å². The highest BCUT2D eigenvalue weighted by Crippen LogP contribution is 2.21. The van der Waals surface area contributed by atoms with Gasteiger partial charge in [0.1, 0.15) is 11.9 Å². The standard InChI is InChI=1S/C15H14F2N4O2/c1-8(9-4-5-11(16)12(17)6-9)19-13-10(7-18)14(22)21(3)15(23)20(13)2/h4-6,8,19H,1-3H3/t8-/m0/s1. The van der Waals surface area contributed by atoms with Gasteiger partial charge in [0.2, 0.25) is 0 Å². The lowest BCUT2D eigenvalue weighted by molar-refractivity contribution is 0.506. The predicted octanol–water partition coefficient (Wildman–Crippen LogP) is 1.41. The minimum absolute atomic E-state index is 0.0258. The van der Waals surface area contributed by atoms with E-state index in [1.54, 1.807) is 13.0 Å². The van der Waals surface area contributed by atoms with Gasteiger partial charge in [0.15, 0.2) is 17.2 Å². The summed E-state index contributed by atoms with van der Waals surface area (Å²) in [7, 11) is 2.68. The fourth-order valence-corrected chi connectivity index (χ4v) is 2.18. The molecule has 1 aromatic heterocycles. The van der Waals surface area contributed by atoms with Crippen molar-refractivity contribution in [3.8, 4) is 6.07 Å². The second-order valence-electron chi connectivity index (χ2n) is 5.08. The maximum Gasteiger partial charge on any atom is 0.332 e. The third-order valence-electron chi connectivity index (χ3n) is 3.57. The molecule has 6 nitrogen and oxygen atoms in total. The van der Waals surface area contributed by atoms with Crippen molar-refractivity contribution in [2.45, 2.75) is 13.0 Å². The van der Waals surface area contributed by atoms with Crippen LogP contribution in [-0.4, -0.2) is 9.13 Å². The molecule has 0 fully saturated rings. The Balaban J connectivity index is 2.52. The first-order valence-electron chi connectivity index (χ1n) is 6.69. The van der Waals surface area contributed by atoms with Gasteiger partial charge in [-0.05, 0) is 24.6 Å². The Labute approximate surface area is 130 Å². The zero-order valence-corrected chi connectivity index (χ0v) is 12.7. The Bertz CT molecular complexity index is 925. The van der Waals surface area contributed by atoms with E-state index in [4.69, 9.17) is 0 Å². The minimum atomic E-state index is -1.01. The van der Waals surface area contributed by atoms with Crippen LogP contribution in [0.25, 0.3) is 0 Å².